The number of nitrogens with zero attached hydrogens (tertiary/aromatic N) is 1. The zero-order valence-corrected chi connectivity index (χ0v) is 13.3. The number of nitrogens with one attached hydrogen (secondary N) is 2. The Kier molecular flexibility index (Phi) is 4.77. The molecule has 2 heterocycles. The van der Waals surface area contributed by atoms with Crippen molar-refractivity contribution < 1.29 is 17.9 Å². The van der Waals surface area contributed by atoms with Crippen LogP contribution < -0.4 is 15.2 Å². The van der Waals surface area contributed by atoms with Gasteiger partial charge >= 0.3 is 16.3 Å². The van der Waals surface area contributed by atoms with Gasteiger partial charge in [-0.15, -0.1) is 22.7 Å². The predicted molar refractivity (Wildman–Crippen MR) is 81.4 cm³/mol. The normalized spacial score (nSPS) is 11.1. The second-order valence-corrected chi connectivity index (χ2v) is 7.15. The highest BCUT2D eigenvalue weighted by Crippen LogP contribution is 2.30. The number of aromatic nitrogens is 1. The molecule has 0 fully saturated rings. The number of thiophene rings is 1. The van der Waals surface area contributed by atoms with Crippen molar-refractivity contribution in [1.29, 1.82) is 0 Å². The molecule has 0 aliphatic heterocycles. The van der Waals surface area contributed by atoms with Crippen LogP contribution in [0.1, 0.15) is 4.88 Å². The molecule has 0 aliphatic rings. The molecule has 0 saturated carbocycles. The lowest BCUT2D eigenvalue weighted by Crippen LogP contribution is -2.35. The quantitative estimate of drug-likeness (QED) is 0.749. The summed E-state index contributed by atoms with van der Waals surface area (Å²) in [6.07, 6.45) is -1.08. The molecule has 0 spiro atoms. The number of amides is 1. The van der Waals surface area contributed by atoms with Gasteiger partial charge in [-0.2, -0.15) is 8.42 Å². The number of ether oxygens (including phenoxy) is 1. The van der Waals surface area contributed by atoms with Crippen molar-refractivity contribution in [2.75, 3.05) is 11.8 Å². The lowest BCUT2D eigenvalue weighted by molar-refractivity contribution is 0.177. The maximum Gasteiger partial charge on any atom is 0.422 e. The topological polar surface area (TPSA) is 123 Å². The minimum absolute atomic E-state index is 0.143. The lowest BCUT2D eigenvalue weighted by atomic mass is 10.4. The second kappa shape index (κ2) is 6.39. The van der Waals surface area contributed by atoms with Gasteiger partial charge in [0.05, 0.1) is 17.7 Å². The van der Waals surface area contributed by atoms with Gasteiger partial charge in [-0.05, 0) is 12.1 Å². The van der Waals surface area contributed by atoms with Gasteiger partial charge in [0.15, 0.2) is 5.13 Å². The van der Waals surface area contributed by atoms with Crippen molar-refractivity contribution in [1.82, 2.24) is 9.71 Å². The Hall–Kier alpha value is -1.69. The average molecular weight is 348 g/mol. The number of thiazole rings is 1. The van der Waals surface area contributed by atoms with Crippen molar-refractivity contribution in [3.63, 3.8) is 0 Å². The first-order valence-corrected chi connectivity index (χ1v) is 8.74. The van der Waals surface area contributed by atoms with Crippen LogP contribution in [0.5, 0.6) is 0 Å². The van der Waals surface area contributed by atoms with E-state index in [-0.39, 0.29) is 5.13 Å². The van der Waals surface area contributed by atoms with Crippen LogP contribution in [0.4, 0.5) is 9.93 Å². The van der Waals surface area contributed by atoms with Crippen LogP contribution in [0.3, 0.4) is 0 Å². The van der Waals surface area contributed by atoms with Gasteiger partial charge < -0.3 is 10.5 Å². The van der Waals surface area contributed by atoms with Crippen LogP contribution in [-0.2, 0) is 21.5 Å². The maximum atomic E-state index is 11.6. The molecule has 2 rings (SSSR count). The molecule has 1 amide bonds. The zero-order valence-electron chi connectivity index (χ0n) is 10.8. The number of hydrogen-bond acceptors (Lipinski definition) is 8. The lowest BCUT2D eigenvalue weighted by Gasteiger charge is -2.05. The fourth-order valence-corrected chi connectivity index (χ4v) is 3.98. The molecule has 0 unspecified atom stereocenters. The van der Waals surface area contributed by atoms with Gasteiger partial charge in [-0.1, -0.05) is 0 Å². The fourth-order valence-electron chi connectivity index (χ4n) is 1.35. The maximum absolute atomic E-state index is 11.6. The highest BCUT2D eigenvalue weighted by Gasteiger charge is 2.17. The summed E-state index contributed by atoms with van der Waals surface area (Å²) in [7, 11) is -2.99. The summed E-state index contributed by atoms with van der Waals surface area (Å²) in [4.78, 5) is 16.9. The SMILES string of the molecule is COC(=O)NS(=O)(=O)Nc1nc(-c2ccc(CN)s2)cs1. The number of nitrogens with two attached hydrogens (primary N) is 1. The van der Waals surface area contributed by atoms with Crippen molar-refractivity contribution in [3.8, 4) is 10.6 Å². The van der Waals surface area contributed by atoms with Crippen molar-refractivity contribution in [3.05, 3.63) is 22.4 Å². The molecule has 0 aliphatic carbocycles. The third kappa shape index (κ3) is 4.14. The highest BCUT2D eigenvalue weighted by molar-refractivity contribution is 7.91. The molecule has 0 bridgehead atoms. The molecule has 4 N–H and O–H groups in total. The molecule has 0 radical (unpaired) electrons. The molecule has 11 heteroatoms. The molecule has 0 atom stereocenters. The molecular weight excluding hydrogens is 336 g/mol. The monoisotopic (exact) mass is 348 g/mol. The Morgan fingerprint density at radius 2 is 2.24 bits per heavy atom. The molecule has 0 aromatic carbocycles. The van der Waals surface area contributed by atoms with Crippen molar-refractivity contribution in [2.24, 2.45) is 5.73 Å². The third-order valence-corrected chi connectivity index (χ3v) is 5.16. The summed E-state index contributed by atoms with van der Waals surface area (Å²) in [5, 5.41) is 1.85. The van der Waals surface area contributed by atoms with Crippen LogP contribution in [0.25, 0.3) is 10.6 Å². The molecular formula is C10H12N4O4S3. The van der Waals surface area contributed by atoms with Crippen LogP contribution in [-0.4, -0.2) is 26.6 Å². The Labute approximate surface area is 129 Å². The van der Waals surface area contributed by atoms with Gasteiger partial charge in [0, 0.05) is 16.8 Å². The number of methoxy groups -OCH3 is 1. The third-order valence-electron chi connectivity index (χ3n) is 2.24. The summed E-state index contributed by atoms with van der Waals surface area (Å²) in [5.74, 6) is 0. The van der Waals surface area contributed by atoms with Crippen molar-refractivity contribution in [2.45, 2.75) is 6.54 Å². The Bertz CT molecular complexity index is 737. The van der Waals surface area contributed by atoms with Gasteiger partial charge in [-0.25, -0.2) is 19.2 Å². The molecule has 0 saturated heterocycles. The number of hydrogen-bond donors (Lipinski definition) is 3. The zero-order chi connectivity index (χ0) is 15.5. The second-order valence-electron chi connectivity index (χ2n) is 3.71. The Morgan fingerprint density at radius 1 is 1.48 bits per heavy atom. The molecule has 8 nitrogen and oxygen atoms in total. The first kappa shape index (κ1) is 15.7. The molecule has 2 aromatic rings. The van der Waals surface area contributed by atoms with Crippen LogP contribution in [0.15, 0.2) is 17.5 Å². The van der Waals surface area contributed by atoms with E-state index >= 15 is 0 Å². The minimum atomic E-state index is -4.06. The van der Waals surface area contributed by atoms with E-state index in [4.69, 9.17) is 5.73 Å². The van der Waals surface area contributed by atoms with Gasteiger partial charge in [-0.3, -0.25) is 0 Å². The van der Waals surface area contributed by atoms with E-state index in [9.17, 15) is 13.2 Å². The summed E-state index contributed by atoms with van der Waals surface area (Å²) in [6.45, 7) is 0.442. The highest BCUT2D eigenvalue weighted by atomic mass is 32.2. The summed E-state index contributed by atoms with van der Waals surface area (Å²) >= 11 is 2.59. The van der Waals surface area contributed by atoms with E-state index < -0.39 is 16.3 Å². The number of anilines is 1. The van der Waals surface area contributed by atoms with Crippen LogP contribution >= 0.6 is 22.7 Å². The first-order chi connectivity index (χ1) is 9.93. The smallest absolute Gasteiger partial charge is 0.422 e. The fraction of sp³-hybridized carbons (Fsp3) is 0.200. The average Bonchev–Trinajstić information content (AvgIpc) is 3.05. The van der Waals surface area contributed by atoms with E-state index in [2.05, 4.69) is 14.4 Å². The first-order valence-electron chi connectivity index (χ1n) is 5.56. The van der Waals surface area contributed by atoms with Crippen LogP contribution in [0, 0.1) is 0 Å². The molecule has 21 heavy (non-hydrogen) atoms. The van der Waals surface area contributed by atoms with Crippen LogP contribution in [0.2, 0.25) is 0 Å². The number of carbonyl (C=O) groups is 1. The van der Waals surface area contributed by atoms with Gasteiger partial charge in [0.1, 0.15) is 0 Å². The van der Waals surface area contributed by atoms with E-state index in [0.29, 0.717) is 12.2 Å². The van der Waals surface area contributed by atoms with E-state index in [1.807, 2.05) is 12.1 Å². The summed E-state index contributed by atoms with van der Waals surface area (Å²) in [5.41, 5.74) is 6.18. The standard InChI is InChI=1S/C10H12N4O4S3/c1-18-10(15)14-21(16,17)13-9-12-7(5-19-9)8-3-2-6(4-11)20-8/h2-3,5H,4,11H2,1H3,(H,12,13)(H,14,15). The van der Waals surface area contributed by atoms with Crippen molar-refractivity contribution >= 4 is 44.1 Å². The largest absolute Gasteiger partial charge is 0.452 e. The van der Waals surface area contributed by atoms with E-state index in [0.717, 1.165) is 28.2 Å². The number of rotatable bonds is 5. The van der Waals surface area contributed by atoms with Gasteiger partial charge in [0.2, 0.25) is 0 Å². The van der Waals surface area contributed by atoms with Gasteiger partial charge in [0.25, 0.3) is 0 Å². The number of carbonyl (C=O) groups excluding carboxylic acids is 1. The Morgan fingerprint density at radius 3 is 2.86 bits per heavy atom. The minimum Gasteiger partial charge on any atom is -0.452 e. The Balaban J connectivity index is 2.11. The summed E-state index contributed by atoms with van der Waals surface area (Å²) in [6, 6.07) is 3.76. The molecule has 2 aromatic heterocycles. The summed E-state index contributed by atoms with van der Waals surface area (Å²) < 4.78 is 31.2. The van der Waals surface area contributed by atoms with E-state index in [1.54, 1.807) is 10.1 Å². The predicted octanol–water partition coefficient (Wildman–Crippen LogP) is 1.34. The molecule has 114 valence electrons. The van der Waals surface area contributed by atoms with E-state index in [1.165, 1.54) is 11.3 Å².